The number of hydrogen-bond acceptors (Lipinski definition) is 5. The van der Waals surface area contributed by atoms with Crippen molar-refractivity contribution in [1.82, 2.24) is 14.5 Å². The predicted octanol–water partition coefficient (Wildman–Crippen LogP) is 5.35. The smallest absolute Gasteiger partial charge is 0.219 e. The van der Waals surface area contributed by atoms with Crippen LogP contribution in [0.15, 0.2) is 54.7 Å². The molecule has 0 atom stereocenters. The van der Waals surface area contributed by atoms with Gasteiger partial charge in [-0.3, -0.25) is 0 Å². The first-order valence-corrected chi connectivity index (χ1v) is 10.8. The molecule has 2 aromatic carbocycles. The molecule has 1 aliphatic heterocycles. The first kappa shape index (κ1) is 20.7. The third-order valence-electron chi connectivity index (χ3n) is 5.56. The molecular formula is C24H22ClFN4O2. The third kappa shape index (κ3) is 4.40. The van der Waals surface area contributed by atoms with Crippen LogP contribution in [-0.4, -0.2) is 27.7 Å². The quantitative estimate of drug-likeness (QED) is 0.409. The zero-order valence-corrected chi connectivity index (χ0v) is 18.3. The molecule has 0 aliphatic carbocycles. The number of rotatable bonds is 7. The number of halogens is 2. The number of nitrogens with zero attached hydrogens (tertiary/aromatic N) is 3. The summed E-state index contributed by atoms with van der Waals surface area (Å²) >= 11 is 5.82. The van der Waals surface area contributed by atoms with Crippen LogP contribution in [0.5, 0.6) is 11.6 Å². The zero-order chi connectivity index (χ0) is 22.1. The molecule has 1 aliphatic rings. The Balaban J connectivity index is 1.27. The maximum absolute atomic E-state index is 14.6. The summed E-state index contributed by atoms with van der Waals surface area (Å²) in [4.78, 5) is 8.71. The first-order valence-electron chi connectivity index (χ1n) is 10.4. The van der Waals surface area contributed by atoms with Crippen LogP contribution in [-0.2, 0) is 24.8 Å². The molecule has 0 amide bonds. The Bertz CT molecular complexity index is 1260. The van der Waals surface area contributed by atoms with E-state index in [9.17, 15) is 4.39 Å². The van der Waals surface area contributed by atoms with Crippen molar-refractivity contribution in [2.75, 3.05) is 18.5 Å². The number of aryl methyl sites for hydroxylation is 1. The van der Waals surface area contributed by atoms with Crippen molar-refractivity contribution in [2.45, 2.75) is 13.0 Å². The Morgan fingerprint density at radius 3 is 2.78 bits per heavy atom. The van der Waals surface area contributed by atoms with Gasteiger partial charge in [0.2, 0.25) is 11.8 Å². The minimum Gasteiger partial charge on any atom is -0.439 e. The van der Waals surface area contributed by atoms with Crippen LogP contribution in [0.1, 0.15) is 11.1 Å². The van der Waals surface area contributed by atoms with Crippen molar-refractivity contribution in [3.05, 3.63) is 76.7 Å². The van der Waals surface area contributed by atoms with E-state index in [0.717, 1.165) is 30.7 Å². The molecule has 0 bridgehead atoms. The van der Waals surface area contributed by atoms with Gasteiger partial charge in [-0.1, -0.05) is 23.7 Å². The van der Waals surface area contributed by atoms with Crippen LogP contribution in [0.3, 0.4) is 0 Å². The lowest BCUT2D eigenvalue weighted by Crippen LogP contribution is -2.29. The minimum atomic E-state index is -0.368. The maximum atomic E-state index is 14.6. The van der Waals surface area contributed by atoms with Crippen LogP contribution >= 0.6 is 11.6 Å². The fourth-order valence-corrected chi connectivity index (χ4v) is 3.82. The average molecular weight is 453 g/mol. The van der Waals surface area contributed by atoms with Gasteiger partial charge in [-0.05, 0) is 36.2 Å². The predicted molar refractivity (Wildman–Crippen MR) is 122 cm³/mol. The number of nitrogens with one attached hydrogen (secondary N) is 1. The third-order valence-corrected chi connectivity index (χ3v) is 5.78. The summed E-state index contributed by atoms with van der Waals surface area (Å²) in [6.07, 6.45) is 2.49. The fraction of sp³-hybridized carbons (Fsp3) is 0.250. The van der Waals surface area contributed by atoms with Crippen LogP contribution in [0.25, 0.3) is 11.0 Å². The molecule has 4 aromatic rings. The molecule has 0 spiro atoms. The molecule has 1 fully saturated rings. The lowest BCUT2D eigenvalue weighted by atomic mass is 9.98. The molecule has 5 rings (SSSR count). The summed E-state index contributed by atoms with van der Waals surface area (Å²) in [5.74, 6) is 1.64. The SMILES string of the molecule is Cn1c(NCc2ccc(Oc3ccc(Cl)cn3)cc2F)nc2ccc(CC3COC3)cc21. The lowest BCUT2D eigenvalue weighted by molar-refractivity contribution is -0.0312. The molecule has 32 heavy (non-hydrogen) atoms. The van der Waals surface area contributed by atoms with E-state index in [1.165, 1.54) is 17.8 Å². The largest absolute Gasteiger partial charge is 0.439 e. The van der Waals surface area contributed by atoms with Crippen LogP contribution in [0, 0.1) is 11.7 Å². The Labute approximate surface area is 190 Å². The molecule has 8 heteroatoms. The van der Waals surface area contributed by atoms with Gasteiger partial charge in [0.1, 0.15) is 11.6 Å². The second-order valence-corrected chi connectivity index (χ2v) is 8.39. The molecule has 2 aromatic heterocycles. The monoisotopic (exact) mass is 452 g/mol. The summed E-state index contributed by atoms with van der Waals surface area (Å²) in [6.45, 7) is 1.97. The van der Waals surface area contributed by atoms with Gasteiger partial charge in [0, 0.05) is 43.4 Å². The summed E-state index contributed by atoms with van der Waals surface area (Å²) in [6, 6.07) is 14.4. The highest BCUT2D eigenvalue weighted by atomic mass is 35.5. The summed E-state index contributed by atoms with van der Waals surface area (Å²) in [5, 5.41) is 3.75. The van der Waals surface area contributed by atoms with Gasteiger partial charge in [-0.2, -0.15) is 0 Å². The number of imidazole rings is 1. The van der Waals surface area contributed by atoms with Crippen LogP contribution < -0.4 is 10.1 Å². The van der Waals surface area contributed by atoms with Crippen molar-refractivity contribution < 1.29 is 13.9 Å². The highest BCUT2D eigenvalue weighted by Crippen LogP contribution is 2.25. The van der Waals surface area contributed by atoms with E-state index in [4.69, 9.17) is 21.1 Å². The van der Waals surface area contributed by atoms with Gasteiger partial charge in [0.25, 0.3) is 0 Å². The van der Waals surface area contributed by atoms with Crippen molar-refractivity contribution >= 4 is 28.6 Å². The number of fused-ring (bicyclic) bond motifs is 1. The lowest BCUT2D eigenvalue weighted by Gasteiger charge is -2.25. The standard InChI is InChI=1S/C24H22ClFN4O2/c1-30-22-9-15(8-16-13-31-14-16)2-6-21(22)29-24(30)28-11-17-3-5-19(10-20(17)26)32-23-7-4-18(25)12-27-23/h2-7,9-10,12,16H,8,11,13-14H2,1H3,(H,28,29). The number of benzene rings is 2. The van der Waals surface area contributed by atoms with Crippen molar-refractivity contribution in [3.8, 4) is 11.6 Å². The van der Waals surface area contributed by atoms with E-state index in [2.05, 4.69) is 27.4 Å². The number of aromatic nitrogens is 3. The van der Waals surface area contributed by atoms with Crippen LogP contribution in [0.4, 0.5) is 10.3 Å². The highest BCUT2D eigenvalue weighted by molar-refractivity contribution is 6.30. The van der Waals surface area contributed by atoms with E-state index < -0.39 is 0 Å². The van der Waals surface area contributed by atoms with E-state index >= 15 is 0 Å². The number of hydrogen-bond donors (Lipinski definition) is 1. The Morgan fingerprint density at radius 2 is 2.06 bits per heavy atom. The molecule has 0 radical (unpaired) electrons. The molecule has 0 unspecified atom stereocenters. The Morgan fingerprint density at radius 1 is 1.19 bits per heavy atom. The molecule has 164 valence electrons. The second-order valence-electron chi connectivity index (χ2n) is 7.95. The van der Waals surface area contributed by atoms with Crippen molar-refractivity contribution in [3.63, 3.8) is 0 Å². The maximum Gasteiger partial charge on any atom is 0.219 e. The topological polar surface area (TPSA) is 61.2 Å². The Kier molecular flexibility index (Phi) is 5.68. The number of anilines is 1. The highest BCUT2D eigenvalue weighted by Gasteiger charge is 2.19. The first-order chi connectivity index (χ1) is 15.5. The van der Waals surface area contributed by atoms with Gasteiger partial charge in [0.05, 0.1) is 29.3 Å². The van der Waals surface area contributed by atoms with Gasteiger partial charge < -0.3 is 19.4 Å². The fourth-order valence-electron chi connectivity index (χ4n) is 3.71. The van der Waals surface area contributed by atoms with Crippen molar-refractivity contribution in [1.29, 1.82) is 0 Å². The molecule has 1 saturated heterocycles. The van der Waals surface area contributed by atoms with Crippen LogP contribution in [0.2, 0.25) is 5.02 Å². The molecule has 6 nitrogen and oxygen atoms in total. The Hall–Kier alpha value is -3.16. The molecular weight excluding hydrogens is 431 g/mol. The van der Waals surface area contributed by atoms with E-state index in [1.54, 1.807) is 24.3 Å². The van der Waals surface area contributed by atoms with Gasteiger partial charge >= 0.3 is 0 Å². The summed E-state index contributed by atoms with van der Waals surface area (Å²) in [7, 11) is 1.96. The van der Waals surface area contributed by atoms with Gasteiger partial charge in [-0.15, -0.1) is 0 Å². The average Bonchev–Trinajstić information content (AvgIpc) is 3.07. The van der Waals surface area contributed by atoms with Crippen molar-refractivity contribution in [2.24, 2.45) is 13.0 Å². The minimum absolute atomic E-state index is 0.300. The van der Waals surface area contributed by atoms with Gasteiger partial charge in [0.15, 0.2) is 0 Å². The van der Waals surface area contributed by atoms with Gasteiger partial charge in [-0.25, -0.2) is 14.4 Å². The molecule has 3 heterocycles. The second kappa shape index (κ2) is 8.76. The number of pyridine rings is 1. The number of ether oxygens (including phenoxy) is 2. The van der Waals surface area contributed by atoms with E-state index in [1.807, 2.05) is 17.7 Å². The molecule has 1 N–H and O–H groups in total. The summed E-state index contributed by atoms with van der Waals surface area (Å²) in [5.41, 5.74) is 3.74. The van der Waals surface area contributed by atoms with E-state index in [0.29, 0.717) is 40.6 Å². The van der Waals surface area contributed by atoms with E-state index in [-0.39, 0.29) is 5.82 Å². The normalized spacial score (nSPS) is 13.8. The summed E-state index contributed by atoms with van der Waals surface area (Å²) < 4.78 is 27.5. The molecule has 0 saturated carbocycles. The zero-order valence-electron chi connectivity index (χ0n) is 17.5.